The van der Waals surface area contributed by atoms with Gasteiger partial charge in [0.2, 0.25) is 0 Å². The lowest BCUT2D eigenvalue weighted by Crippen LogP contribution is -2.44. The van der Waals surface area contributed by atoms with Gasteiger partial charge in [-0.3, -0.25) is 4.90 Å². The Bertz CT molecular complexity index is 471. The minimum Gasteiger partial charge on any atom is -0.293 e. The van der Waals surface area contributed by atoms with Gasteiger partial charge in [-0.2, -0.15) is 13.2 Å². The van der Waals surface area contributed by atoms with Crippen molar-refractivity contribution in [2.75, 3.05) is 18.1 Å². The van der Waals surface area contributed by atoms with Crippen LogP contribution in [0.4, 0.5) is 17.6 Å². The molecule has 0 aromatic carbocycles. The topological polar surface area (TPSA) is 37.4 Å². The van der Waals surface area contributed by atoms with Crippen molar-refractivity contribution in [2.24, 2.45) is 0 Å². The summed E-state index contributed by atoms with van der Waals surface area (Å²) < 4.78 is 73.3. The second-order valence-electron chi connectivity index (χ2n) is 7.32. The number of alkyl halides is 4. The fraction of sp³-hybridized carbons (Fsp3) is 1.00. The molecule has 0 spiro atoms. The van der Waals surface area contributed by atoms with Crippen LogP contribution in [0.3, 0.4) is 0 Å². The number of hydrogen-bond acceptors (Lipinski definition) is 3. The number of likely N-dealkylation sites (tertiary alicyclic amines) is 1. The van der Waals surface area contributed by atoms with Gasteiger partial charge < -0.3 is 0 Å². The van der Waals surface area contributed by atoms with Crippen LogP contribution in [0.1, 0.15) is 52.9 Å². The number of rotatable bonds is 7. The monoisotopic (exact) mass is 361 g/mol. The summed E-state index contributed by atoms with van der Waals surface area (Å²) in [6.45, 7) is 6.33. The molecule has 1 rings (SSSR count). The van der Waals surface area contributed by atoms with Crippen LogP contribution in [-0.4, -0.2) is 55.3 Å². The van der Waals surface area contributed by atoms with E-state index in [1.807, 2.05) is 25.7 Å². The summed E-state index contributed by atoms with van der Waals surface area (Å²) in [6.07, 6.45) is -5.38. The lowest BCUT2D eigenvalue weighted by atomic mass is 10.0. The van der Waals surface area contributed by atoms with E-state index < -0.39 is 40.8 Å². The third-order valence-electron chi connectivity index (χ3n) is 4.13. The van der Waals surface area contributed by atoms with Crippen molar-refractivity contribution in [3.05, 3.63) is 0 Å². The molecule has 8 heteroatoms. The molecule has 0 bridgehead atoms. The second-order valence-corrected chi connectivity index (χ2v) is 9.63. The lowest BCUT2D eigenvalue weighted by molar-refractivity contribution is -0.134. The van der Waals surface area contributed by atoms with Crippen LogP contribution < -0.4 is 0 Å². The molecule has 1 aliphatic heterocycles. The highest BCUT2D eigenvalue weighted by Gasteiger charge is 2.38. The van der Waals surface area contributed by atoms with Crippen LogP contribution in [0.5, 0.6) is 0 Å². The van der Waals surface area contributed by atoms with Crippen molar-refractivity contribution < 1.29 is 26.0 Å². The Labute approximate surface area is 136 Å². The Morgan fingerprint density at radius 1 is 1.09 bits per heavy atom. The zero-order chi connectivity index (χ0) is 17.9. The Morgan fingerprint density at radius 3 is 2.17 bits per heavy atom. The molecule has 3 nitrogen and oxygen atoms in total. The van der Waals surface area contributed by atoms with Crippen molar-refractivity contribution in [2.45, 2.75) is 76.8 Å². The molecule has 2 atom stereocenters. The van der Waals surface area contributed by atoms with Gasteiger partial charge in [0.1, 0.15) is 16.0 Å². The average Bonchev–Trinajstić information content (AvgIpc) is 2.68. The van der Waals surface area contributed by atoms with Gasteiger partial charge in [0.05, 0.1) is 11.5 Å². The first-order valence-electron chi connectivity index (χ1n) is 7.98. The van der Waals surface area contributed by atoms with Crippen LogP contribution in [-0.2, 0) is 9.84 Å². The SMILES string of the molecule is CC(C)(C)N1C[C@H](F)C[C@H]1CCCS(=O)(=O)CCCC(F)(F)F. The minimum absolute atomic E-state index is 0.00428. The Balaban J connectivity index is 2.40. The van der Waals surface area contributed by atoms with Gasteiger partial charge in [-0.15, -0.1) is 0 Å². The zero-order valence-corrected chi connectivity index (χ0v) is 14.8. The van der Waals surface area contributed by atoms with Gasteiger partial charge in [-0.1, -0.05) is 0 Å². The van der Waals surface area contributed by atoms with Gasteiger partial charge in [-0.05, 0) is 46.5 Å². The molecule has 1 aliphatic rings. The molecule has 0 N–H and O–H groups in total. The molecule has 1 saturated heterocycles. The number of sulfone groups is 1. The summed E-state index contributed by atoms with van der Waals surface area (Å²) in [5.74, 6) is -0.567. The zero-order valence-electron chi connectivity index (χ0n) is 14.0. The van der Waals surface area contributed by atoms with Crippen LogP contribution >= 0.6 is 0 Å². The Morgan fingerprint density at radius 2 is 1.65 bits per heavy atom. The molecule has 0 aromatic heterocycles. The third kappa shape index (κ3) is 7.83. The first kappa shape index (κ1) is 20.7. The summed E-state index contributed by atoms with van der Waals surface area (Å²) in [5, 5.41) is 0. The fourth-order valence-electron chi connectivity index (χ4n) is 3.09. The van der Waals surface area contributed by atoms with E-state index in [2.05, 4.69) is 0 Å². The van der Waals surface area contributed by atoms with E-state index in [4.69, 9.17) is 0 Å². The van der Waals surface area contributed by atoms with Gasteiger partial charge in [0, 0.05) is 24.5 Å². The van der Waals surface area contributed by atoms with Crippen molar-refractivity contribution in [1.29, 1.82) is 0 Å². The first-order valence-corrected chi connectivity index (χ1v) is 9.80. The number of hydrogen-bond donors (Lipinski definition) is 0. The molecule has 23 heavy (non-hydrogen) atoms. The lowest BCUT2D eigenvalue weighted by Gasteiger charge is -2.36. The maximum atomic E-state index is 13.6. The molecule has 1 fully saturated rings. The van der Waals surface area contributed by atoms with Gasteiger partial charge in [0.15, 0.2) is 0 Å². The third-order valence-corrected chi connectivity index (χ3v) is 5.95. The summed E-state index contributed by atoms with van der Waals surface area (Å²) in [7, 11) is -3.47. The quantitative estimate of drug-likeness (QED) is 0.649. The van der Waals surface area contributed by atoms with E-state index >= 15 is 0 Å². The maximum absolute atomic E-state index is 13.6. The fourth-order valence-corrected chi connectivity index (χ4v) is 4.48. The number of nitrogens with zero attached hydrogens (tertiary/aromatic N) is 1. The van der Waals surface area contributed by atoms with E-state index in [1.54, 1.807) is 0 Å². The highest BCUT2D eigenvalue weighted by Crippen LogP contribution is 2.31. The molecule has 0 aromatic rings. The van der Waals surface area contributed by atoms with Crippen molar-refractivity contribution >= 4 is 9.84 Å². The smallest absolute Gasteiger partial charge is 0.293 e. The molecule has 0 unspecified atom stereocenters. The molecule has 0 radical (unpaired) electrons. The molecular formula is C15H27F4NO2S. The van der Waals surface area contributed by atoms with Crippen LogP contribution in [0.15, 0.2) is 0 Å². The normalized spacial score (nSPS) is 24.3. The van der Waals surface area contributed by atoms with E-state index in [9.17, 15) is 26.0 Å². The minimum atomic E-state index is -4.32. The van der Waals surface area contributed by atoms with Crippen molar-refractivity contribution in [3.63, 3.8) is 0 Å². The Kier molecular flexibility index (Phi) is 6.90. The summed E-state index contributed by atoms with van der Waals surface area (Å²) in [6, 6.07) is -0.00428. The van der Waals surface area contributed by atoms with E-state index in [-0.39, 0.29) is 17.3 Å². The predicted molar refractivity (Wildman–Crippen MR) is 82.9 cm³/mol. The van der Waals surface area contributed by atoms with E-state index in [1.165, 1.54) is 0 Å². The summed E-state index contributed by atoms with van der Waals surface area (Å²) in [5.41, 5.74) is -0.183. The van der Waals surface area contributed by atoms with Gasteiger partial charge in [0.25, 0.3) is 0 Å². The van der Waals surface area contributed by atoms with Crippen LogP contribution in [0.25, 0.3) is 0 Å². The maximum Gasteiger partial charge on any atom is 0.389 e. The second kappa shape index (κ2) is 7.68. The largest absolute Gasteiger partial charge is 0.389 e. The van der Waals surface area contributed by atoms with Gasteiger partial charge >= 0.3 is 6.18 Å². The first-order chi connectivity index (χ1) is 10.3. The van der Waals surface area contributed by atoms with Crippen LogP contribution in [0, 0.1) is 0 Å². The van der Waals surface area contributed by atoms with E-state index in [0.717, 1.165) is 0 Å². The standard InChI is InChI=1S/C15H27F4NO2S/c1-14(2,3)20-11-12(16)10-13(20)6-4-8-23(21,22)9-5-7-15(17,18)19/h12-13H,4-11H2,1-3H3/t12-,13-/m1/s1. The van der Waals surface area contributed by atoms with Crippen molar-refractivity contribution in [1.82, 2.24) is 4.90 Å². The molecule has 0 saturated carbocycles. The highest BCUT2D eigenvalue weighted by molar-refractivity contribution is 7.91. The molecule has 0 aliphatic carbocycles. The summed E-state index contributed by atoms with van der Waals surface area (Å²) >= 11 is 0. The molecule has 1 heterocycles. The van der Waals surface area contributed by atoms with Crippen molar-refractivity contribution in [3.8, 4) is 0 Å². The molecule has 0 amide bonds. The molecule has 138 valence electrons. The highest BCUT2D eigenvalue weighted by atomic mass is 32.2. The predicted octanol–water partition coefficient (Wildman–Crippen LogP) is 3.73. The Hall–Kier alpha value is -0.370. The average molecular weight is 361 g/mol. The van der Waals surface area contributed by atoms with Crippen LogP contribution in [0.2, 0.25) is 0 Å². The van der Waals surface area contributed by atoms with Gasteiger partial charge in [-0.25, -0.2) is 12.8 Å². The number of halogens is 4. The van der Waals surface area contributed by atoms with E-state index in [0.29, 0.717) is 25.8 Å². The summed E-state index contributed by atoms with van der Waals surface area (Å²) in [4.78, 5) is 2.05. The molecular weight excluding hydrogens is 334 g/mol.